The molecule has 0 aliphatic carbocycles. The average molecular weight is 235 g/mol. The number of benzene rings is 1. The molecule has 1 aromatic carbocycles. The van der Waals surface area contributed by atoms with Gasteiger partial charge in [0.2, 0.25) is 0 Å². The lowest BCUT2D eigenvalue weighted by Crippen LogP contribution is -2.04. The van der Waals surface area contributed by atoms with Crippen LogP contribution in [0.5, 0.6) is 0 Å². The maximum atomic E-state index is 13.6. The molecule has 0 aliphatic heterocycles. The Morgan fingerprint density at radius 2 is 2.12 bits per heavy atom. The summed E-state index contributed by atoms with van der Waals surface area (Å²) in [5, 5.41) is 13.0. The number of nitrogen functional groups attached to an aromatic ring is 1. The number of nitrogens with two attached hydrogens (primary N) is 1. The van der Waals surface area contributed by atoms with Crippen molar-refractivity contribution in [1.29, 1.82) is 0 Å². The second-order valence-corrected chi connectivity index (χ2v) is 3.52. The first kappa shape index (κ1) is 11.1. The Kier molecular flexibility index (Phi) is 2.55. The van der Waals surface area contributed by atoms with E-state index in [-0.39, 0.29) is 22.6 Å². The number of aromatic carboxylic acids is 1. The van der Waals surface area contributed by atoms with Gasteiger partial charge in [0.1, 0.15) is 22.9 Å². The monoisotopic (exact) mass is 235 g/mol. The molecule has 0 fully saturated rings. The summed E-state index contributed by atoms with van der Waals surface area (Å²) in [6.07, 6.45) is 0. The smallest absolute Gasteiger partial charge is 0.341 e. The number of aryl methyl sites for hydroxylation is 1. The average Bonchev–Trinajstić information content (AvgIpc) is 2.56. The van der Waals surface area contributed by atoms with E-state index in [4.69, 9.17) is 10.8 Å². The van der Waals surface area contributed by atoms with Crippen LogP contribution in [-0.4, -0.2) is 20.9 Å². The molecule has 1 heterocycles. The third kappa shape index (κ3) is 1.73. The molecule has 5 nitrogen and oxygen atoms in total. The Bertz CT molecular complexity index is 592. The van der Waals surface area contributed by atoms with Crippen LogP contribution in [-0.2, 0) is 7.05 Å². The predicted molar refractivity (Wildman–Crippen MR) is 60.0 cm³/mol. The largest absolute Gasteiger partial charge is 0.477 e. The Labute approximate surface area is 96.3 Å². The Morgan fingerprint density at radius 1 is 1.47 bits per heavy atom. The summed E-state index contributed by atoms with van der Waals surface area (Å²) < 4.78 is 14.8. The maximum absolute atomic E-state index is 13.6. The molecule has 0 saturated heterocycles. The van der Waals surface area contributed by atoms with Gasteiger partial charge in [0.15, 0.2) is 0 Å². The van der Waals surface area contributed by atoms with Crippen molar-refractivity contribution in [3.05, 3.63) is 35.6 Å². The van der Waals surface area contributed by atoms with Gasteiger partial charge in [-0.25, -0.2) is 9.18 Å². The van der Waals surface area contributed by atoms with Gasteiger partial charge in [0.25, 0.3) is 0 Å². The third-order valence-electron chi connectivity index (χ3n) is 2.43. The van der Waals surface area contributed by atoms with Crippen LogP contribution in [0.1, 0.15) is 10.4 Å². The van der Waals surface area contributed by atoms with Crippen molar-refractivity contribution in [3.63, 3.8) is 0 Å². The molecule has 2 aromatic rings. The molecule has 0 spiro atoms. The number of anilines is 1. The van der Waals surface area contributed by atoms with Crippen LogP contribution in [0.2, 0.25) is 0 Å². The Morgan fingerprint density at radius 3 is 2.71 bits per heavy atom. The van der Waals surface area contributed by atoms with Gasteiger partial charge in [0, 0.05) is 12.6 Å². The summed E-state index contributed by atoms with van der Waals surface area (Å²) in [7, 11) is 1.51. The van der Waals surface area contributed by atoms with Crippen LogP contribution >= 0.6 is 0 Å². The van der Waals surface area contributed by atoms with E-state index in [0.717, 1.165) is 0 Å². The quantitative estimate of drug-likeness (QED) is 0.826. The molecule has 2 rings (SSSR count). The molecule has 0 atom stereocenters. The lowest BCUT2D eigenvalue weighted by atomic mass is 10.1. The maximum Gasteiger partial charge on any atom is 0.341 e. The Hall–Kier alpha value is -2.37. The van der Waals surface area contributed by atoms with Crippen LogP contribution < -0.4 is 5.73 Å². The zero-order valence-corrected chi connectivity index (χ0v) is 9.01. The van der Waals surface area contributed by atoms with Gasteiger partial charge in [-0.1, -0.05) is 12.1 Å². The van der Waals surface area contributed by atoms with Crippen molar-refractivity contribution in [2.24, 2.45) is 7.05 Å². The summed E-state index contributed by atoms with van der Waals surface area (Å²) in [5.74, 6) is -1.77. The predicted octanol–water partition coefficient (Wildman–Crippen LogP) is 1.51. The topological polar surface area (TPSA) is 81.1 Å². The molecule has 6 heteroatoms. The molecule has 0 unspecified atom stereocenters. The third-order valence-corrected chi connectivity index (χ3v) is 2.43. The van der Waals surface area contributed by atoms with Gasteiger partial charge >= 0.3 is 5.97 Å². The lowest BCUT2D eigenvalue weighted by Gasteiger charge is -2.00. The minimum absolute atomic E-state index is 0.00393. The van der Waals surface area contributed by atoms with Crippen LogP contribution in [0.15, 0.2) is 24.3 Å². The summed E-state index contributed by atoms with van der Waals surface area (Å²) in [4.78, 5) is 11.1. The minimum Gasteiger partial charge on any atom is -0.477 e. The first-order valence-electron chi connectivity index (χ1n) is 4.83. The number of carboxylic acid groups (broad SMARTS) is 1. The Balaban J connectivity index is 2.72. The molecule has 0 bridgehead atoms. The molecule has 0 amide bonds. The standard InChI is InChI=1S/C11H10FN3O2/c1-15-10(13)8(11(16)17)9(14-15)6-4-2-3-5-7(6)12/h2-5H,13H2,1H3,(H,16,17). The van der Waals surface area contributed by atoms with Crippen molar-refractivity contribution < 1.29 is 14.3 Å². The van der Waals surface area contributed by atoms with E-state index in [0.29, 0.717) is 0 Å². The molecule has 88 valence electrons. The van der Waals surface area contributed by atoms with E-state index in [2.05, 4.69) is 5.10 Å². The van der Waals surface area contributed by atoms with E-state index < -0.39 is 11.8 Å². The van der Waals surface area contributed by atoms with Gasteiger partial charge < -0.3 is 10.8 Å². The number of carbonyl (C=O) groups is 1. The highest BCUT2D eigenvalue weighted by atomic mass is 19.1. The fourth-order valence-corrected chi connectivity index (χ4v) is 1.59. The van der Waals surface area contributed by atoms with Crippen molar-refractivity contribution in [3.8, 4) is 11.3 Å². The molecule has 1 aromatic heterocycles. The van der Waals surface area contributed by atoms with Crippen molar-refractivity contribution in [2.45, 2.75) is 0 Å². The number of hydrogen-bond donors (Lipinski definition) is 2. The lowest BCUT2D eigenvalue weighted by molar-refractivity contribution is 0.0699. The first-order valence-corrected chi connectivity index (χ1v) is 4.83. The van der Waals surface area contributed by atoms with Gasteiger partial charge in [-0.2, -0.15) is 5.10 Å². The number of rotatable bonds is 2. The van der Waals surface area contributed by atoms with Crippen LogP contribution in [0, 0.1) is 5.82 Å². The minimum atomic E-state index is -1.23. The fraction of sp³-hybridized carbons (Fsp3) is 0.0909. The number of carboxylic acids is 1. The zero-order valence-electron chi connectivity index (χ0n) is 9.01. The first-order chi connectivity index (χ1) is 8.02. The summed E-state index contributed by atoms with van der Waals surface area (Å²) in [6.45, 7) is 0. The normalized spacial score (nSPS) is 10.5. The van der Waals surface area contributed by atoms with Gasteiger partial charge in [-0.15, -0.1) is 0 Å². The van der Waals surface area contributed by atoms with Crippen molar-refractivity contribution in [2.75, 3.05) is 5.73 Å². The molecule has 17 heavy (non-hydrogen) atoms. The number of nitrogens with zero attached hydrogens (tertiary/aromatic N) is 2. The second-order valence-electron chi connectivity index (χ2n) is 3.52. The molecule has 0 radical (unpaired) electrons. The van der Waals surface area contributed by atoms with E-state index in [9.17, 15) is 9.18 Å². The summed E-state index contributed by atoms with van der Waals surface area (Å²) in [6, 6.07) is 5.83. The SMILES string of the molecule is Cn1nc(-c2ccccc2F)c(C(=O)O)c1N. The van der Waals surface area contributed by atoms with Crippen LogP contribution in [0.25, 0.3) is 11.3 Å². The molecular weight excluding hydrogens is 225 g/mol. The number of aromatic nitrogens is 2. The van der Waals surface area contributed by atoms with Crippen LogP contribution in [0.3, 0.4) is 0 Å². The van der Waals surface area contributed by atoms with Gasteiger partial charge in [-0.3, -0.25) is 4.68 Å². The van der Waals surface area contributed by atoms with Crippen molar-refractivity contribution >= 4 is 11.8 Å². The van der Waals surface area contributed by atoms with Crippen LogP contribution in [0.4, 0.5) is 10.2 Å². The second kappa shape index (κ2) is 3.89. The molecule has 3 N–H and O–H groups in total. The van der Waals surface area contributed by atoms with E-state index in [1.807, 2.05) is 0 Å². The van der Waals surface area contributed by atoms with Gasteiger partial charge in [0.05, 0.1) is 0 Å². The molecule has 0 saturated carbocycles. The van der Waals surface area contributed by atoms with Crippen molar-refractivity contribution in [1.82, 2.24) is 9.78 Å². The summed E-state index contributed by atoms with van der Waals surface area (Å²) >= 11 is 0. The highest BCUT2D eigenvalue weighted by Crippen LogP contribution is 2.28. The fourth-order valence-electron chi connectivity index (χ4n) is 1.59. The molecular formula is C11H10FN3O2. The van der Waals surface area contributed by atoms with E-state index >= 15 is 0 Å². The van der Waals surface area contributed by atoms with E-state index in [1.165, 1.54) is 29.9 Å². The summed E-state index contributed by atoms with van der Waals surface area (Å²) in [5.41, 5.74) is 5.57. The zero-order chi connectivity index (χ0) is 12.6. The number of halogens is 1. The highest BCUT2D eigenvalue weighted by Gasteiger charge is 2.23. The van der Waals surface area contributed by atoms with E-state index in [1.54, 1.807) is 6.07 Å². The molecule has 0 aliphatic rings. The number of hydrogen-bond acceptors (Lipinski definition) is 3. The van der Waals surface area contributed by atoms with Gasteiger partial charge in [-0.05, 0) is 12.1 Å². The highest BCUT2D eigenvalue weighted by molar-refractivity contribution is 5.99.